The van der Waals surface area contributed by atoms with Crippen LogP contribution in [0.5, 0.6) is 5.75 Å². The topological polar surface area (TPSA) is 58.4 Å². The van der Waals surface area contributed by atoms with Crippen molar-refractivity contribution in [3.63, 3.8) is 0 Å². The van der Waals surface area contributed by atoms with Crippen LogP contribution in [-0.2, 0) is 6.18 Å². The number of methoxy groups -OCH3 is 1. The van der Waals surface area contributed by atoms with Gasteiger partial charge in [-0.25, -0.2) is 0 Å². The number of fused-ring (bicyclic) bond motifs is 1. The van der Waals surface area contributed by atoms with E-state index in [2.05, 4.69) is 5.32 Å². The van der Waals surface area contributed by atoms with Gasteiger partial charge in [-0.2, -0.15) is 13.2 Å². The highest BCUT2D eigenvalue weighted by molar-refractivity contribution is 8.00. The van der Waals surface area contributed by atoms with Crippen LogP contribution < -0.4 is 10.1 Å². The van der Waals surface area contributed by atoms with Crippen LogP contribution in [0.15, 0.2) is 47.4 Å². The molecule has 0 saturated heterocycles. The molecule has 1 heterocycles. The van der Waals surface area contributed by atoms with Crippen LogP contribution in [0.1, 0.15) is 22.3 Å². The fourth-order valence-corrected chi connectivity index (χ4v) is 3.87. The predicted octanol–water partition coefficient (Wildman–Crippen LogP) is 4.38. The van der Waals surface area contributed by atoms with E-state index in [1.807, 2.05) is 0 Å². The lowest BCUT2D eigenvalue weighted by atomic mass is 10.1. The molecule has 142 valence electrons. The minimum absolute atomic E-state index is 0.0732. The van der Waals surface area contributed by atoms with Crippen molar-refractivity contribution in [2.24, 2.45) is 0 Å². The van der Waals surface area contributed by atoms with Gasteiger partial charge < -0.3 is 10.1 Å². The first-order valence-electron chi connectivity index (χ1n) is 8.06. The number of thioether (sulfide) groups is 1. The van der Waals surface area contributed by atoms with Crippen molar-refractivity contribution < 1.29 is 27.5 Å². The molecule has 0 spiro atoms. The van der Waals surface area contributed by atoms with E-state index in [-0.39, 0.29) is 12.1 Å². The van der Waals surface area contributed by atoms with E-state index in [4.69, 9.17) is 4.74 Å². The molecule has 1 aliphatic heterocycles. The smallest absolute Gasteiger partial charge is 0.416 e. The summed E-state index contributed by atoms with van der Waals surface area (Å²) in [5.41, 5.74) is -0.414. The standard InChI is InChI=1S/C18H15F3N2O3S/c1-26-13-5-6-14-15(10-13)27-16(23(14)25)7-8-22-17(24)11-3-2-4-12(9-11)18(19,20)21/h2-6,9-10,16H,7-8H2,1H3/p+1. The number of nitrogens with one attached hydrogen (secondary N) is 1. The molecule has 1 aliphatic rings. The van der Waals surface area contributed by atoms with E-state index >= 15 is 0 Å². The Morgan fingerprint density at radius 3 is 2.74 bits per heavy atom. The quantitative estimate of drug-likeness (QED) is 0.761. The third-order valence-corrected chi connectivity index (χ3v) is 5.34. The zero-order chi connectivity index (χ0) is 19.6. The van der Waals surface area contributed by atoms with Crippen molar-refractivity contribution >= 4 is 23.4 Å². The van der Waals surface area contributed by atoms with Crippen LogP contribution in [0.4, 0.5) is 18.9 Å². The lowest BCUT2D eigenvalue weighted by molar-refractivity contribution is -0.476. The van der Waals surface area contributed by atoms with Crippen molar-refractivity contribution in [2.75, 3.05) is 13.7 Å². The van der Waals surface area contributed by atoms with Gasteiger partial charge >= 0.3 is 6.18 Å². The number of amides is 1. The summed E-state index contributed by atoms with van der Waals surface area (Å²) in [5.74, 6) is 0.0360. The van der Waals surface area contributed by atoms with Gasteiger partial charge in [0.05, 0.1) is 22.3 Å². The highest BCUT2D eigenvalue weighted by Crippen LogP contribution is 2.44. The second-order valence-corrected chi connectivity index (χ2v) is 7.07. The van der Waals surface area contributed by atoms with Crippen LogP contribution >= 0.6 is 11.8 Å². The number of carbonyl (C=O) groups excluding carboxylic acids is 1. The second kappa shape index (κ2) is 7.59. The number of ether oxygens (including phenoxy) is 1. The molecule has 2 aromatic rings. The van der Waals surface area contributed by atoms with Crippen LogP contribution in [0, 0.1) is 4.91 Å². The first-order valence-corrected chi connectivity index (χ1v) is 8.94. The van der Waals surface area contributed by atoms with Crippen LogP contribution in [0.3, 0.4) is 0 Å². The van der Waals surface area contributed by atoms with E-state index in [1.165, 1.54) is 31.0 Å². The lowest BCUT2D eigenvalue weighted by Crippen LogP contribution is -2.28. The Balaban J connectivity index is 1.58. The number of nitrogens with zero attached hydrogens (tertiary/aromatic N) is 1. The number of benzene rings is 2. The molecule has 1 atom stereocenters. The Morgan fingerprint density at radius 2 is 2.04 bits per heavy atom. The van der Waals surface area contributed by atoms with Crippen LogP contribution in [0.25, 0.3) is 0 Å². The summed E-state index contributed by atoms with van der Waals surface area (Å²) in [4.78, 5) is 25.2. The molecule has 1 N–H and O–H groups in total. The number of carbonyl (C=O) groups is 1. The normalized spacial score (nSPS) is 16.1. The molecule has 1 amide bonds. The van der Waals surface area contributed by atoms with E-state index in [0.717, 1.165) is 21.8 Å². The monoisotopic (exact) mass is 397 g/mol. The molecule has 0 aliphatic carbocycles. The van der Waals surface area contributed by atoms with Gasteiger partial charge in [0.1, 0.15) is 5.75 Å². The highest BCUT2D eigenvalue weighted by Gasteiger charge is 2.39. The van der Waals surface area contributed by atoms with Crippen molar-refractivity contribution in [2.45, 2.75) is 22.9 Å². The average molecular weight is 397 g/mol. The second-order valence-electron chi connectivity index (χ2n) is 5.86. The van der Waals surface area contributed by atoms with Crippen molar-refractivity contribution in [3.8, 4) is 5.75 Å². The highest BCUT2D eigenvalue weighted by atomic mass is 32.2. The van der Waals surface area contributed by atoms with Gasteiger partial charge in [0, 0.05) is 35.6 Å². The Kier molecular flexibility index (Phi) is 5.41. The summed E-state index contributed by atoms with van der Waals surface area (Å²) in [5, 5.41) is 2.14. The van der Waals surface area contributed by atoms with Gasteiger partial charge in [0.2, 0.25) is 0 Å². The molecule has 2 aromatic carbocycles. The number of hydrogen-bond acceptors (Lipinski definition) is 4. The molecule has 0 aromatic heterocycles. The molecule has 0 saturated carbocycles. The first kappa shape index (κ1) is 19.2. The Morgan fingerprint density at radius 1 is 1.26 bits per heavy atom. The van der Waals surface area contributed by atoms with Crippen LogP contribution in [-0.4, -0.2) is 29.7 Å². The van der Waals surface area contributed by atoms with Crippen molar-refractivity contribution in [1.29, 1.82) is 0 Å². The first-order chi connectivity index (χ1) is 12.8. The van der Waals surface area contributed by atoms with Crippen molar-refractivity contribution in [1.82, 2.24) is 5.32 Å². The summed E-state index contributed by atoms with van der Waals surface area (Å²) in [7, 11) is 1.54. The fraction of sp³-hybridized carbons (Fsp3) is 0.278. The maximum Gasteiger partial charge on any atom is 0.416 e. The number of hydrogen-bond donors (Lipinski definition) is 1. The zero-order valence-corrected chi connectivity index (χ0v) is 15.1. The van der Waals surface area contributed by atoms with Crippen molar-refractivity contribution in [3.05, 3.63) is 58.5 Å². The number of rotatable bonds is 5. The molecule has 3 rings (SSSR count). The molecule has 0 fully saturated rings. The number of halogens is 3. The van der Waals surface area contributed by atoms with Gasteiger partial charge in [-0.3, -0.25) is 4.79 Å². The summed E-state index contributed by atoms with van der Waals surface area (Å²) in [6.45, 7) is 0.163. The summed E-state index contributed by atoms with van der Waals surface area (Å²) in [6.07, 6.45) is -4.16. The number of nitroso groups, excluding NO2 is 1. The van der Waals surface area contributed by atoms with Gasteiger partial charge in [0.25, 0.3) is 17.0 Å². The van der Waals surface area contributed by atoms with E-state index < -0.39 is 23.0 Å². The SMILES string of the molecule is COc1ccc2c(c1)SC(CCNC(=O)c1cccc(C(F)(F)F)c1)[N+]2=O. The molecular weight excluding hydrogens is 381 g/mol. The molecule has 27 heavy (non-hydrogen) atoms. The molecular formula is C18H16F3N2O3S+. The van der Waals surface area contributed by atoms with Gasteiger partial charge in [-0.05, 0) is 36.0 Å². The minimum Gasteiger partial charge on any atom is -0.497 e. The predicted molar refractivity (Wildman–Crippen MR) is 94.3 cm³/mol. The molecule has 9 heteroatoms. The van der Waals surface area contributed by atoms with Gasteiger partial charge in [0.15, 0.2) is 0 Å². The molecule has 0 bridgehead atoms. The maximum atomic E-state index is 12.7. The lowest BCUT2D eigenvalue weighted by Gasteiger charge is -2.09. The summed E-state index contributed by atoms with van der Waals surface area (Å²) in [6, 6.07) is 9.36. The fourth-order valence-electron chi connectivity index (χ4n) is 2.67. The Hall–Kier alpha value is -2.55. The molecule has 1 unspecified atom stereocenters. The Labute approximate surface area is 157 Å². The minimum atomic E-state index is -4.51. The molecule has 0 radical (unpaired) electrons. The molecule has 5 nitrogen and oxygen atoms in total. The Bertz CT molecular complexity index is 886. The van der Waals surface area contributed by atoms with E-state index in [9.17, 15) is 22.9 Å². The third kappa shape index (κ3) is 4.24. The summed E-state index contributed by atoms with van der Waals surface area (Å²) >= 11 is 1.36. The van der Waals surface area contributed by atoms with E-state index in [1.54, 1.807) is 18.2 Å². The average Bonchev–Trinajstić information content (AvgIpc) is 2.96. The third-order valence-electron chi connectivity index (χ3n) is 4.06. The summed E-state index contributed by atoms with van der Waals surface area (Å²) < 4.78 is 44.2. The maximum absolute atomic E-state index is 12.7. The van der Waals surface area contributed by atoms with E-state index in [0.29, 0.717) is 17.9 Å². The number of alkyl halides is 3. The van der Waals surface area contributed by atoms with Gasteiger partial charge in [-0.1, -0.05) is 6.07 Å². The zero-order valence-electron chi connectivity index (χ0n) is 14.2. The van der Waals surface area contributed by atoms with Gasteiger partial charge in [-0.15, -0.1) is 0 Å². The van der Waals surface area contributed by atoms with Crippen LogP contribution in [0.2, 0.25) is 0 Å². The largest absolute Gasteiger partial charge is 0.497 e.